The number of ether oxygens (including phenoxy) is 1. The molecule has 1 aliphatic rings. The van der Waals surface area contributed by atoms with Crippen molar-refractivity contribution < 1.29 is 4.74 Å². The third-order valence-electron chi connectivity index (χ3n) is 2.78. The Bertz CT molecular complexity index is 317. The van der Waals surface area contributed by atoms with Crippen LogP contribution < -0.4 is 5.73 Å². The normalized spacial score (nSPS) is 26.0. The first-order chi connectivity index (χ1) is 7.23. The van der Waals surface area contributed by atoms with Crippen molar-refractivity contribution in [3.63, 3.8) is 0 Å². The molecule has 2 N–H and O–H groups in total. The molecule has 5 heteroatoms. The molecule has 1 aromatic rings. The van der Waals surface area contributed by atoms with Crippen LogP contribution in [0.25, 0.3) is 0 Å². The zero-order chi connectivity index (χ0) is 10.7. The summed E-state index contributed by atoms with van der Waals surface area (Å²) in [6.45, 7) is 4.43. The Balaban J connectivity index is 2.06. The van der Waals surface area contributed by atoms with E-state index in [1.165, 1.54) is 0 Å². The van der Waals surface area contributed by atoms with Gasteiger partial charge < -0.3 is 10.5 Å². The highest BCUT2D eigenvalue weighted by Crippen LogP contribution is 2.19. The van der Waals surface area contributed by atoms with Crippen LogP contribution in [0, 0.1) is 0 Å². The van der Waals surface area contributed by atoms with E-state index in [1.807, 2.05) is 4.68 Å². The molecule has 0 bridgehead atoms. The lowest BCUT2D eigenvalue weighted by Gasteiger charge is -2.20. The van der Waals surface area contributed by atoms with E-state index in [2.05, 4.69) is 17.0 Å². The van der Waals surface area contributed by atoms with Gasteiger partial charge in [0.25, 0.3) is 0 Å². The van der Waals surface area contributed by atoms with Crippen molar-refractivity contribution >= 4 is 0 Å². The van der Waals surface area contributed by atoms with Crippen LogP contribution in [0.1, 0.15) is 25.6 Å². The molecule has 1 aliphatic heterocycles. The van der Waals surface area contributed by atoms with Gasteiger partial charge in [0.05, 0.1) is 6.61 Å². The first-order valence-corrected chi connectivity index (χ1v) is 5.47. The molecule has 0 spiro atoms. The lowest BCUT2D eigenvalue weighted by Crippen LogP contribution is -2.43. The van der Waals surface area contributed by atoms with Gasteiger partial charge in [-0.15, -0.1) is 0 Å². The SMILES string of the molecule is CCCn1ncnc1CC1(N)CCOC1. The minimum Gasteiger partial charge on any atom is -0.379 e. The molecule has 5 nitrogen and oxygen atoms in total. The van der Waals surface area contributed by atoms with Gasteiger partial charge in [0.1, 0.15) is 12.2 Å². The van der Waals surface area contributed by atoms with Gasteiger partial charge in [0.15, 0.2) is 0 Å². The molecule has 0 amide bonds. The predicted molar refractivity (Wildman–Crippen MR) is 56.4 cm³/mol. The highest BCUT2D eigenvalue weighted by Gasteiger charge is 2.32. The topological polar surface area (TPSA) is 66.0 Å². The number of rotatable bonds is 4. The lowest BCUT2D eigenvalue weighted by molar-refractivity contribution is 0.177. The van der Waals surface area contributed by atoms with Gasteiger partial charge in [-0.3, -0.25) is 4.68 Å². The second-order valence-electron chi connectivity index (χ2n) is 4.24. The molecule has 1 atom stereocenters. The third-order valence-corrected chi connectivity index (χ3v) is 2.78. The average molecular weight is 210 g/mol. The molecule has 2 heterocycles. The fourth-order valence-electron chi connectivity index (χ4n) is 1.90. The first kappa shape index (κ1) is 10.6. The Hall–Kier alpha value is -0.940. The zero-order valence-electron chi connectivity index (χ0n) is 9.15. The summed E-state index contributed by atoms with van der Waals surface area (Å²) in [5.74, 6) is 0.977. The molecule has 84 valence electrons. The highest BCUT2D eigenvalue weighted by molar-refractivity contribution is 4.99. The summed E-state index contributed by atoms with van der Waals surface area (Å²) in [5, 5.41) is 4.19. The Morgan fingerprint density at radius 3 is 3.20 bits per heavy atom. The number of hydrogen-bond acceptors (Lipinski definition) is 4. The summed E-state index contributed by atoms with van der Waals surface area (Å²) in [6, 6.07) is 0. The quantitative estimate of drug-likeness (QED) is 0.778. The fourth-order valence-corrected chi connectivity index (χ4v) is 1.90. The Labute approximate surface area is 89.6 Å². The summed E-state index contributed by atoms with van der Waals surface area (Å²) in [7, 11) is 0. The largest absolute Gasteiger partial charge is 0.379 e. The number of aryl methyl sites for hydroxylation is 1. The molecule has 1 fully saturated rings. The summed E-state index contributed by atoms with van der Waals surface area (Å²) in [6.07, 6.45) is 4.33. The number of nitrogens with zero attached hydrogens (tertiary/aromatic N) is 3. The Morgan fingerprint density at radius 2 is 2.53 bits per heavy atom. The molecular weight excluding hydrogens is 192 g/mol. The molecule has 0 aliphatic carbocycles. The maximum absolute atomic E-state index is 6.21. The van der Waals surface area contributed by atoms with E-state index in [4.69, 9.17) is 10.5 Å². The molecule has 15 heavy (non-hydrogen) atoms. The molecule has 1 aromatic heterocycles. The number of aromatic nitrogens is 3. The zero-order valence-corrected chi connectivity index (χ0v) is 9.15. The lowest BCUT2D eigenvalue weighted by atomic mass is 9.95. The highest BCUT2D eigenvalue weighted by atomic mass is 16.5. The van der Waals surface area contributed by atoms with Gasteiger partial charge in [-0.2, -0.15) is 5.10 Å². The minimum absolute atomic E-state index is 0.238. The molecule has 0 aromatic carbocycles. The average Bonchev–Trinajstić information content (AvgIpc) is 2.78. The molecule has 1 saturated heterocycles. The van der Waals surface area contributed by atoms with Crippen LogP contribution in [0.2, 0.25) is 0 Å². The van der Waals surface area contributed by atoms with Gasteiger partial charge in [0, 0.05) is 25.1 Å². The van der Waals surface area contributed by atoms with Crippen LogP contribution in [-0.4, -0.2) is 33.5 Å². The van der Waals surface area contributed by atoms with Crippen molar-refractivity contribution in [1.29, 1.82) is 0 Å². The second kappa shape index (κ2) is 4.28. The van der Waals surface area contributed by atoms with E-state index in [0.29, 0.717) is 6.61 Å². The van der Waals surface area contributed by atoms with Crippen LogP contribution in [0.15, 0.2) is 6.33 Å². The predicted octanol–water partition coefficient (Wildman–Crippen LogP) is 0.348. The summed E-state index contributed by atoms with van der Waals surface area (Å²) >= 11 is 0. The van der Waals surface area contributed by atoms with Gasteiger partial charge >= 0.3 is 0 Å². The minimum atomic E-state index is -0.238. The van der Waals surface area contributed by atoms with Crippen molar-refractivity contribution in [3.05, 3.63) is 12.2 Å². The third kappa shape index (κ3) is 2.35. The standard InChI is InChI=1S/C10H18N4O/c1-2-4-14-9(12-8-13-14)6-10(11)3-5-15-7-10/h8H,2-7,11H2,1H3. The van der Waals surface area contributed by atoms with E-state index >= 15 is 0 Å². The van der Waals surface area contributed by atoms with Gasteiger partial charge in [0.2, 0.25) is 0 Å². The molecular formula is C10H18N4O. The van der Waals surface area contributed by atoms with Crippen LogP contribution in [-0.2, 0) is 17.7 Å². The molecule has 0 radical (unpaired) electrons. The van der Waals surface area contributed by atoms with Crippen LogP contribution in [0.4, 0.5) is 0 Å². The van der Waals surface area contributed by atoms with E-state index in [-0.39, 0.29) is 5.54 Å². The van der Waals surface area contributed by atoms with E-state index in [0.717, 1.165) is 38.2 Å². The van der Waals surface area contributed by atoms with Crippen molar-refractivity contribution in [3.8, 4) is 0 Å². The Morgan fingerprint density at radius 1 is 1.67 bits per heavy atom. The first-order valence-electron chi connectivity index (χ1n) is 5.47. The van der Waals surface area contributed by atoms with Crippen molar-refractivity contribution in [2.75, 3.05) is 13.2 Å². The van der Waals surface area contributed by atoms with Gasteiger partial charge in [-0.25, -0.2) is 4.98 Å². The number of nitrogens with two attached hydrogens (primary N) is 1. The molecule has 1 unspecified atom stereocenters. The summed E-state index contributed by atoms with van der Waals surface area (Å²) in [5.41, 5.74) is 5.97. The van der Waals surface area contributed by atoms with Crippen LogP contribution in [0.5, 0.6) is 0 Å². The summed E-state index contributed by atoms with van der Waals surface area (Å²) < 4.78 is 7.26. The molecule has 2 rings (SSSR count). The number of hydrogen-bond donors (Lipinski definition) is 1. The second-order valence-corrected chi connectivity index (χ2v) is 4.24. The Kier molecular flexibility index (Phi) is 3.02. The van der Waals surface area contributed by atoms with Crippen molar-refractivity contribution in [1.82, 2.24) is 14.8 Å². The van der Waals surface area contributed by atoms with E-state index in [1.54, 1.807) is 6.33 Å². The fraction of sp³-hybridized carbons (Fsp3) is 0.800. The monoisotopic (exact) mass is 210 g/mol. The maximum atomic E-state index is 6.21. The van der Waals surface area contributed by atoms with Gasteiger partial charge in [-0.05, 0) is 12.8 Å². The van der Waals surface area contributed by atoms with Crippen LogP contribution in [0.3, 0.4) is 0 Å². The van der Waals surface area contributed by atoms with Crippen molar-refractivity contribution in [2.24, 2.45) is 5.73 Å². The maximum Gasteiger partial charge on any atom is 0.138 e. The van der Waals surface area contributed by atoms with E-state index < -0.39 is 0 Å². The van der Waals surface area contributed by atoms with Crippen molar-refractivity contribution in [2.45, 2.75) is 38.3 Å². The summed E-state index contributed by atoms with van der Waals surface area (Å²) in [4.78, 5) is 4.26. The smallest absolute Gasteiger partial charge is 0.138 e. The van der Waals surface area contributed by atoms with E-state index in [9.17, 15) is 0 Å². The molecule has 0 saturated carbocycles. The van der Waals surface area contributed by atoms with Gasteiger partial charge in [-0.1, -0.05) is 6.92 Å². The van der Waals surface area contributed by atoms with Crippen LogP contribution >= 0.6 is 0 Å².